The van der Waals surface area contributed by atoms with Crippen LogP contribution in [0.25, 0.3) is 0 Å². The Labute approximate surface area is 177 Å². The first-order valence-corrected chi connectivity index (χ1v) is 12.0. The van der Waals surface area contributed by atoms with Gasteiger partial charge in [-0.3, -0.25) is 4.90 Å². The molecule has 0 unspecified atom stereocenters. The molecular formula is C21H29N3O5S. The summed E-state index contributed by atoms with van der Waals surface area (Å²) in [4.78, 5) is 29.2. The van der Waals surface area contributed by atoms with Crippen LogP contribution in [0.3, 0.4) is 0 Å². The summed E-state index contributed by atoms with van der Waals surface area (Å²) in [6, 6.07) is 6.17. The molecule has 8 nitrogen and oxygen atoms in total. The maximum absolute atomic E-state index is 12.9. The quantitative estimate of drug-likeness (QED) is 0.689. The van der Waals surface area contributed by atoms with E-state index >= 15 is 0 Å². The predicted octanol–water partition coefficient (Wildman–Crippen LogP) is 2.23. The number of methoxy groups -OCH3 is 1. The van der Waals surface area contributed by atoms with Crippen molar-refractivity contribution in [3.63, 3.8) is 0 Å². The molecule has 164 valence electrons. The smallest absolute Gasteiger partial charge is 0.337 e. The summed E-state index contributed by atoms with van der Waals surface area (Å²) in [5.74, 6) is -0.607. The fourth-order valence-corrected chi connectivity index (χ4v) is 5.97. The van der Waals surface area contributed by atoms with Crippen molar-refractivity contribution < 1.29 is 22.7 Å². The molecule has 1 saturated heterocycles. The zero-order chi connectivity index (χ0) is 22.1. The average molecular weight is 436 g/mol. The summed E-state index contributed by atoms with van der Waals surface area (Å²) in [5, 5.41) is 2.88. The van der Waals surface area contributed by atoms with Gasteiger partial charge in [-0.05, 0) is 44.9 Å². The van der Waals surface area contributed by atoms with E-state index in [1.807, 2.05) is 24.3 Å². The fourth-order valence-electron chi connectivity index (χ4n) is 4.27. The zero-order valence-electron chi connectivity index (χ0n) is 17.8. The molecule has 2 amide bonds. The van der Waals surface area contributed by atoms with Gasteiger partial charge in [0.25, 0.3) is 0 Å². The van der Waals surface area contributed by atoms with Crippen LogP contribution in [0.15, 0.2) is 35.5 Å². The first-order valence-electron chi connectivity index (χ1n) is 10.2. The summed E-state index contributed by atoms with van der Waals surface area (Å²) in [7, 11) is -1.89. The van der Waals surface area contributed by atoms with E-state index in [0.29, 0.717) is 17.7 Å². The number of hydrogen-bond donors (Lipinski definition) is 1. The monoisotopic (exact) mass is 435 g/mol. The molecule has 0 radical (unpaired) electrons. The molecule has 1 N–H and O–H groups in total. The van der Waals surface area contributed by atoms with Crippen LogP contribution in [0.5, 0.6) is 0 Å². The summed E-state index contributed by atoms with van der Waals surface area (Å²) in [6.07, 6.45) is 0.352. The van der Waals surface area contributed by atoms with Crippen molar-refractivity contribution in [2.75, 3.05) is 36.6 Å². The molecule has 30 heavy (non-hydrogen) atoms. The maximum atomic E-state index is 12.9. The maximum Gasteiger partial charge on any atom is 0.337 e. The number of allylic oxidation sites excluding steroid dienone is 1. The molecule has 2 heterocycles. The first-order chi connectivity index (χ1) is 14.2. The minimum absolute atomic E-state index is 0.0402. The number of sulfone groups is 1. The number of urea groups is 1. The second kappa shape index (κ2) is 8.67. The van der Waals surface area contributed by atoms with Crippen LogP contribution >= 0.6 is 0 Å². The van der Waals surface area contributed by atoms with Crippen LogP contribution < -0.4 is 10.2 Å². The number of anilines is 1. The Morgan fingerprint density at radius 1 is 1.23 bits per heavy atom. The summed E-state index contributed by atoms with van der Waals surface area (Å²) in [6.45, 7) is 7.59. The molecule has 3 rings (SSSR count). The van der Waals surface area contributed by atoms with Crippen molar-refractivity contribution >= 4 is 27.5 Å². The summed E-state index contributed by atoms with van der Waals surface area (Å²) < 4.78 is 28.8. The topological polar surface area (TPSA) is 96.0 Å². The van der Waals surface area contributed by atoms with Gasteiger partial charge >= 0.3 is 12.0 Å². The number of esters is 1. The van der Waals surface area contributed by atoms with Crippen LogP contribution in [0.4, 0.5) is 10.5 Å². The Balaban J connectivity index is 1.99. The highest BCUT2D eigenvalue weighted by Gasteiger charge is 2.42. The Kier molecular flexibility index (Phi) is 6.40. The van der Waals surface area contributed by atoms with Gasteiger partial charge < -0.3 is 15.0 Å². The highest BCUT2D eigenvalue weighted by molar-refractivity contribution is 7.91. The van der Waals surface area contributed by atoms with Gasteiger partial charge in [0, 0.05) is 24.5 Å². The van der Waals surface area contributed by atoms with Crippen molar-refractivity contribution in [3.8, 4) is 0 Å². The third kappa shape index (κ3) is 4.16. The van der Waals surface area contributed by atoms with E-state index in [4.69, 9.17) is 4.74 Å². The summed E-state index contributed by atoms with van der Waals surface area (Å²) >= 11 is 0. The van der Waals surface area contributed by atoms with Crippen LogP contribution in [0.1, 0.15) is 38.8 Å². The van der Waals surface area contributed by atoms with Gasteiger partial charge in [-0.25, -0.2) is 18.0 Å². The lowest BCUT2D eigenvalue weighted by Crippen LogP contribution is -2.52. The van der Waals surface area contributed by atoms with Crippen molar-refractivity contribution in [1.29, 1.82) is 0 Å². The van der Waals surface area contributed by atoms with E-state index in [2.05, 4.69) is 24.1 Å². The molecule has 0 spiro atoms. The molecule has 1 fully saturated rings. The largest absolute Gasteiger partial charge is 0.466 e. The van der Waals surface area contributed by atoms with Gasteiger partial charge in [-0.1, -0.05) is 12.1 Å². The van der Waals surface area contributed by atoms with Crippen molar-refractivity contribution in [2.24, 2.45) is 0 Å². The van der Waals surface area contributed by atoms with Gasteiger partial charge in [0.15, 0.2) is 9.84 Å². The Bertz CT molecular complexity index is 951. The molecule has 0 saturated carbocycles. The van der Waals surface area contributed by atoms with E-state index in [-0.39, 0.29) is 11.5 Å². The molecule has 2 aliphatic heterocycles. The Morgan fingerprint density at radius 2 is 1.87 bits per heavy atom. The zero-order valence-corrected chi connectivity index (χ0v) is 18.7. The minimum Gasteiger partial charge on any atom is -0.466 e. The Hall–Kier alpha value is -2.55. The average Bonchev–Trinajstić information content (AvgIpc) is 3.07. The van der Waals surface area contributed by atoms with Crippen molar-refractivity contribution in [2.45, 2.75) is 39.3 Å². The second-order valence-corrected chi connectivity index (χ2v) is 9.79. The van der Waals surface area contributed by atoms with E-state index in [1.165, 1.54) is 12.0 Å². The number of rotatable bonds is 6. The molecular weight excluding hydrogens is 406 g/mol. The van der Waals surface area contributed by atoms with Crippen molar-refractivity contribution in [1.82, 2.24) is 10.2 Å². The molecule has 1 aromatic carbocycles. The number of nitrogens with zero attached hydrogens (tertiary/aromatic N) is 2. The normalized spacial score (nSPS) is 23.3. The molecule has 1 aromatic rings. The van der Waals surface area contributed by atoms with E-state index < -0.39 is 33.9 Å². The standard InChI is InChI=1S/C21H29N3O5S/c1-5-23(6-2)16-9-7-15(8-10-16)19-18(20(25)29-4)14(3)24(21(26)22-19)17-11-12-30(27,28)13-17/h7-10,17,19H,5-6,11-13H2,1-4H3,(H,22,26)/t17-,19-/m0/s1. The fraction of sp³-hybridized carbons (Fsp3) is 0.524. The second-order valence-electron chi connectivity index (χ2n) is 7.56. The lowest BCUT2D eigenvalue weighted by Gasteiger charge is -2.38. The van der Waals surface area contributed by atoms with Gasteiger partial charge in [0.2, 0.25) is 0 Å². The number of hydrogen-bond acceptors (Lipinski definition) is 6. The van der Waals surface area contributed by atoms with Crippen LogP contribution in [0.2, 0.25) is 0 Å². The van der Waals surface area contributed by atoms with Crippen LogP contribution in [0, 0.1) is 0 Å². The molecule has 2 aliphatic rings. The van der Waals surface area contributed by atoms with E-state index in [9.17, 15) is 18.0 Å². The van der Waals surface area contributed by atoms with Gasteiger partial charge in [-0.2, -0.15) is 0 Å². The third-order valence-electron chi connectivity index (χ3n) is 5.86. The minimum atomic E-state index is -3.18. The SMILES string of the molecule is CCN(CC)c1ccc([C@@H]2NC(=O)N([C@H]3CCS(=O)(=O)C3)C(C)=C2C(=O)OC)cc1. The first kappa shape index (κ1) is 22.1. The molecule has 2 atom stereocenters. The van der Waals surface area contributed by atoms with Crippen LogP contribution in [-0.4, -0.2) is 63.1 Å². The highest BCUT2D eigenvalue weighted by atomic mass is 32.2. The lowest BCUT2D eigenvalue weighted by molar-refractivity contribution is -0.136. The number of amides is 2. The van der Waals surface area contributed by atoms with Gasteiger partial charge in [-0.15, -0.1) is 0 Å². The number of ether oxygens (including phenoxy) is 1. The molecule has 0 aliphatic carbocycles. The van der Waals surface area contributed by atoms with Gasteiger partial charge in [0.1, 0.15) is 0 Å². The number of carbonyl (C=O) groups is 2. The molecule has 9 heteroatoms. The summed E-state index contributed by atoms with van der Waals surface area (Å²) in [5.41, 5.74) is 2.57. The van der Waals surface area contributed by atoms with Crippen LogP contribution in [-0.2, 0) is 19.4 Å². The highest BCUT2D eigenvalue weighted by Crippen LogP contribution is 2.34. The predicted molar refractivity (Wildman–Crippen MR) is 115 cm³/mol. The number of nitrogens with one attached hydrogen (secondary N) is 1. The molecule has 0 bridgehead atoms. The Morgan fingerprint density at radius 3 is 2.37 bits per heavy atom. The third-order valence-corrected chi connectivity index (χ3v) is 7.61. The molecule has 0 aromatic heterocycles. The number of carbonyl (C=O) groups excluding carboxylic acids is 2. The number of benzene rings is 1. The lowest BCUT2D eigenvalue weighted by atomic mass is 9.94. The van der Waals surface area contributed by atoms with Crippen molar-refractivity contribution in [3.05, 3.63) is 41.1 Å². The van der Waals surface area contributed by atoms with Gasteiger partial charge in [0.05, 0.1) is 36.3 Å². The van der Waals surface area contributed by atoms with E-state index in [0.717, 1.165) is 24.3 Å². The van der Waals surface area contributed by atoms with E-state index in [1.54, 1.807) is 6.92 Å².